The van der Waals surface area contributed by atoms with E-state index >= 15 is 0 Å². The molecule has 1 fully saturated rings. The minimum absolute atomic E-state index is 0.0866. The van der Waals surface area contributed by atoms with Crippen LogP contribution in [0.2, 0.25) is 10.0 Å². The van der Waals surface area contributed by atoms with Gasteiger partial charge in [0.1, 0.15) is 0 Å². The fraction of sp³-hybridized carbons (Fsp3) is 0.375. The van der Waals surface area contributed by atoms with E-state index in [4.69, 9.17) is 27.6 Å². The molecule has 0 radical (unpaired) electrons. The van der Waals surface area contributed by atoms with Gasteiger partial charge in [-0.3, -0.25) is 9.59 Å². The van der Waals surface area contributed by atoms with E-state index in [0.29, 0.717) is 36.1 Å². The number of nitrogens with zero attached hydrogens (tertiary/aromatic N) is 3. The number of anilines is 1. The third-order valence-corrected chi connectivity index (χ3v) is 5.56. The molecule has 10 heteroatoms. The van der Waals surface area contributed by atoms with Crippen molar-refractivity contribution in [2.45, 2.75) is 36.8 Å². The van der Waals surface area contributed by atoms with E-state index in [1.54, 1.807) is 30.0 Å². The van der Waals surface area contributed by atoms with Crippen LogP contribution in [0, 0.1) is 0 Å². The first kappa shape index (κ1) is 19.0. The molecule has 2 amide bonds. The Kier molecular flexibility index (Phi) is 6.05. The summed E-state index contributed by atoms with van der Waals surface area (Å²) in [6.45, 7) is 2.71. The lowest BCUT2D eigenvalue weighted by molar-refractivity contribution is -0.128. The van der Waals surface area contributed by atoms with Crippen LogP contribution in [0.5, 0.6) is 0 Å². The molecule has 1 aromatic heterocycles. The Morgan fingerprint density at radius 1 is 1.42 bits per heavy atom. The van der Waals surface area contributed by atoms with Gasteiger partial charge in [0.25, 0.3) is 5.22 Å². The summed E-state index contributed by atoms with van der Waals surface area (Å²) in [5.74, 6) is 0.172. The van der Waals surface area contributed by atoms with Gasteiger partial charge in [-0.1, -0.05) is 41.0 Å². The summed E-state index contributed by atoms with van der Waals surface area (Å²) < 4.78 is 5.53. The van der Waals surface area contributed by atoms with Crippen molar-refractivity contribution in [3.05, 3.63) is 34.1 Å². The number of hydrogen-bond donors (Lipinski definition) is 1. The molecule has 1 aromatic carbocycles. The average molecular weight is 415 g/mol. The van der Waals surface area contributed by atoms with Crippen molar-refractivity contribution in [1.82, 2.24) is 15.1 Å². The highest BCUT2D eigenvalue weighted by atomic mass is 35.5. The van der Waals surface area contributed by atoms with E-state index in [-0.39, 0.29) is 22.1 Å². The predicted molar refractivity (Wildman–Crippen MR) is 99.4 cm³/mol. The molecule has 2 aromatic rings. The molecular formula is C16H16Cl2N4O3S. The number of carbonyl (C=O) groups is 2. The van der Waals surface area contributed by atoms with Gasteiger partial charge in [0.15, 0.2) is 0 Å². The molecule has 0 aliphatic carbocycles. The highest BCUT2D eigenvalue weighted by Crippen LogP contribution is 2.30. The molecule has 0 spiro atoms. The lowest BCUT2D eigenvalue weighted by atomic mass is 10.3. The van der Waals surface area contributed by atoms with E-state index in [0.717, 1.165) is 18.2 Å². The van der Waals surface area contributed by atoms with E-state index in [1.807, 2.05) is 0 Å². The maximum absolute atomic E-state index is 12.3. The fourth-order valence-corrected chi connectivity index (χ4v) is 3.47. The molecule has 26 heavy (non-hydrogen) atoms. The minimum atomic E-state index is -0.494. The SMILES string of the molecule is CC(Sc1nnc(CN2CCCC2=O)o1)C(=O)Nc1cccc(Cl)c1Cl. The first-order valence-corrected chi connectivity index (χ1v) is 9.59. The molecule has 1 N–H and O–H groups in total. The molecule has 1 atom stereocenters. The quantitative estimate of drug-likeness (QED) is 0.726. The van der Waals surface area contributed by atoms with Gasteiger partial charge in [-0.2, -0.15) is 0 Å². The normalized spacial score (nSPS) is 15.3. The highest BCUT2D eigenvalue weighted by molar-refractivity contribution is 8.00. The van der Waals surface area contributed by atoms with Crippen molar-refractivity contribution in [2.75, 3.05) is 11.9 Å². The van der Waals surface area contributed by atoms with Gasteiger partial charge >= 0.3 is 0 Å². The van der Waals surface area contributed by atoms with E-state index in [1.165, 1.54) is 0 Å². The summed E-state index contributed by atoms with van der Waals surface area (Å²) in [5, 5.41) is 11.0. The predicted octanol–water partition coefficient (Wildman–Crippen LogP) is 3.62. The Morgan fingerprint density at radius 2 is 2.23 bits per heavy atom. The van der Waals surface area contributed by atoms with E-state index in [2.05, 4.69) is 15.5 Å². The zero-order valence-electron chi connectivity index (χ0n) is 13.9. The third kappa shape index (κ3) is 4.49. The van der Waals surface area contributed by atoms with Crippen LogP contribution in [-0.2, 0) is 16.1 Å². The van der Waals surface area contributed by atoms with Gasteiger partial charge in [0, 0.05) is 13.0 Å². The van der Waals surface area contributed by atoms with Gasteiger partial charge in [-0.05, 0) is 25.5 Å². The van der Waals surface area contributed by atoms with Gasteiger partial charge in [0.05, 0.1) is 27.5 Å². The summed E-state index contributed by atoms with van der Waals surface area (Å²) >= 11 is 13.1. The van der Waals surface area contributed by atoms with Gasteiger partial charge < -0.3 is 14.6 Å². The second-order valence-electron chi connectivity index (χ2n) is 5.73. The summed E-state index contributed by atoms with van der Waals surface area (Å²) in [6, 6.07) is 5.01. The van der Waals surface area contributed by atoms with Crippen molar-refractivity contribution in [1.29, 1.82) is 0 Å². The number of aromatic nitrogens is 2. The van der Waals surface area contributed by atoms with Gasteiger partial charge in [-0.25, -0.2) is 0 Å². The molecule has 138 valence electrons. The van der Waals surface area contributed by atoms with Crippen LogP contribution in [0.15, 0.2) is 27.8 Å². The van der Waals surface area contributed by atoms with E-state index < -0.39 is 5.25 Å². The molecule has 0 saturated carbocycles. The Bertz CT molecular complexity index is 830. The summed E-state index contributed by atoms with van der Waals surface area (Å²) in [6.07, 6.45) is 1.40. The van der Waals surface area contributed by atoms with Crippen LogP contribution in [0.25, 0.3) is 0 Å². The molecule has 0 bridgehead atoms. The van der Waals surface area contributed by atoms with Crippen molar-refractivity contribution < 1.29 is 14.0 Å². The number of thioether (sulfide) groups is 1. The number of halogens is 2. The molecule has 7 nitrogen and oxygen atoms in total. The van der Waals surface area contributed by atoms with Crippen molar-refractivity contribution in [3.63, 3.8) is 0 Å². The molecule has 1 aliphatic heterocycles. The molecule has 3 rings (SSSR count). The molecule has 1 aliphatic rings. The number of carbonyl (C=O) groups excluding carboxylic acids is 2. The topological polar surface area (TPSA) is 88.3 Å². The average Bonchev–Trinajstić information content (AvgIpc) is 3.21. The fourth-order valence-electron chi connectivity index (χ4n) is 2.42. The van der Waals surface area contributed by atoms with Crippen LogP contribution in [0.1, 0.15) is 25.7 Å². The zero-order chi connectivity index (χ0) is 18.7. The molecule has 1 unspecified atom stereocenters. The Morgan fingerprint density at radius 3 is 2.96 bits per heavy atom. The zero-order valence-corrected chi connectivity index (χ0v) is 16.2. The number of amides is 2. The second kappa shape index (κ2) is 8.28. The summed E-state index contributed by atoms with van der Waals surface area (Å²) in [5.41, 5.74) is 0.440. The van der Waals surface area contributed by atoms with Crippen LogP contribution in [-0.4, -0.2) is 38.7 Å². The first-order valence-electron chi connectivity index (χ1n) is 7.95. The van der Waals surface area contributed by atoms with Gasteiger partial charge in [-0.15, -0.1) is 10.2 Å². The summed E-state index contributed by atoms with van der Waals surface area (Å²) in [7, 11) is 0. The molecule has 2 heterocycles. The maximum Gasteiger partial charge on any atom is 0.277 e. The van der Waals surface area contributed by atoms with Crippen LogP contribution < -0.4 is 5.32 Å². The van der Waals surface area contributed by atoms with Crippen molar-refractivity contribution in [3.8, 4) is 0 Å². The molecular weight excluding hydrogens is 399 g/mol. The highest BCUT2D eigenvalue weighted by Gasteiger charge is 2.24. The third-order valence-electron chi connectivity index (χ3n) is 3.80. The Labute approximate surface area is 164 Å². The van der Waals surface area contributed by atoms with Gasteiger partial charge in [0.2, 0.25) is 17.7 Å². The minimum Gasteiger partial charge on any atom is -0.414 e. The number of benzene rings is 1. The lowest BCUT2D eigenvalue weighted by Gasteiger charge is -2.12. The van der Waals surface area contributed by atoms with Crippen LogP contribution in [0.3, 0.4) is 0 Å². The number of nitrogens with one attached hydrogen (secondary N) is 1. The van der Waals surface area contributed by atoms with Crippen molar-refractivity contribution in [2.24, 2.45) is 0 Å². The first-order chi connectivity index (χ1) is 12.4. The van der Waals surface area contributed by atoms with Crippen LogP contribution >= 0.6 is 35.0 Å². The van der Waals surface area contributed by atoms with Crippen LogP contribution in [0.4, 0.5) is 5.69 Å². The summed E-state index contributed by atoms with van der Waals surface area (Å²) in [4.78, 5) is 25.6. The van der Waals surface area contributed by atoms with Crippen molar-refractivity contribution >= 4 is 52.5 Å². The number of hydrogen-bond acceptors (Lipinski definition) is 6. The largest absolute Gasteiger partial charge is 0.414 e. The molecule has 1 saturated heterocycles. The number of likely N-dealkylation sites (tertiary alicyclic amines) is 1. The standard InChI is InChI=1S/C16H16Cl2N4O3S/c1-9(15(24)19-11-5-2-4-10(17)14(11)18)26-16-21-20-12(25-16)8-22-7-3-6-13(22)23/h2,4-5,9H,3,6-8H2,1H3,(H,19,24). The second-order valence-corrected chi connectivity index (χ2v) is 7.81. The monoisotopic (exact) mass is 414 g/mol. The number of rotatable bonds is 6. The Hall–Kier alpha value is -1.77. The maximum atomic E-state index is 12.3. The van der Waals surface area contributed by atoms with E-state index in [9.17, 15) is 9.59 Å². The Balaban J connectivity index is 1.57. The lowest BCUT2D eigenvalue weighted by Crippen LogP contribution is -2.24. The smallest absolute Gasteiger partial charge is 0.277 e.